The fraction of sp³-hybridized carbons (Fsp3) is 0.267. The minimum absolute atomic E-state index is 0.379. The molecule has 0 amide bonds. The summed E-state index contributed by atoms with van der Waals surface area (Å²) in [4.78, 5) is 23.8. The van der Waals surface area contributed by atoms with E-state index < -0.39 is 0 Å². The van der Waals surface area contributed by atoms with Crippen molar-refractivity contribution >= 4 is 11.9 Å². The molecule has 0 fully saturated rings. The first kappa shape index (κ1) is 25.8. The topological polar surface area (TPSA) is 65.7 Å². The van der Waals surface area contributed by atoms with Crippen LogP contribution in [0.15, 0.2) is 89.4 Å². The van der Waals surface area contributed by atoms with E-state index in [1.54, 1.807) is 24.3 Å². The second-order valence-corrected chi connectivity index (χ2v) is 8.14. The minimum Gasteiger partial charge on any atom is -0.456 e. The van der Waals surface area contributed by atoms with Crippen LogP contribution in [0.3, 0.4) is 0 Å². The zero-order chi connectivity index (χ0) is 24.9. The van der Waals surface area contributed by atoms with Crippen molar-refractivity contribution in [2.75, 3.05) is 0 Å². The Morgan fingerprint density at radius 1 is 0.657 bits per heavy atom. The number of ether oxygens (including phenoxy) is 2. The molecule has 0 unspecified atom stereocenters. The smallest absolute Gasteiger partial charge is 0.335 e. The van der Waals surface area contributed by atoms with E-state index in [9.17, 15) is 9.59 Å². The Kier molecular flexibility index (Phi) is 10.1. The van der Waals surface area contributed by atoms with Gasteiger partial charge >= 0.3 is 11.9 Å². The predicted octanol–water partition coefficient (Wildman–Crippen LogP) is 7.92. The summed E-state index contributed by atoms with van der Waals surface area (Å²) in [6.45, 7) is 4.22. The number of unbranched alkanes of at least 4 members (excludes halogenated alkanes) is 4. The summed E-state index contributed by atoms with van der Waals surface area (Å²) in [5, 5.41) is 0. The number of carbonyl (C=O) groups excluding carboxylic acids is 2. The monoisotopic (exact) mass is 472 g/mol. The lowest BCUT2D eigenvalue weighted by atomic mass is 10.1. The first-order valence-electron chi connectivity index (χ1n) is 12.2. The number of allylic oxidation sites excluding steroid dienone is 2. The van der Waals surface area contributed by atoms with Crippen LogP contribution in [-0.2, 0) is 9.59 Å². The molecule has 0 aliphatic carbocycles. The van der Waals surface area contributed by atoms with E-state index in [2.05, 4.69) is 13.8 Å². The molecule has 0 saturated heterocycles. The molecule has 3 aromatic rings. The Bertz CT molecular complexity index is 1040. The van der Waals surface area contributed by atoms with Crippen LogP contribution in [0.2, 0.25) is 0 Å². The van der Waals surface area contributed by atoms with Gasteiger partial charge in [-0.05, 0) is 73.5 Å². The Morgan fingerprint density at radius 2 is 1.06 bits per heavy atom. The second kappa shape index (κ2) is 13.8. The maximum atomic E-state index is 11.9. The van der Waals surface area contributed by atoms with E-state index >= 15 is 0 Å². The molecule has 3 rings (SSSR count). The van der Waals surface area contributed by atoms with Gasteiger partial charge in [0.15, 0.2) is 0 Å². The van der Waals surface area contributed by atoms with Crippen molar-refractivity contribution in [2.45, 2.75) is 52.4 Å². The van der Waals surface area contributed by atoms with Crippen LogP contribution in [-0.4, -0.2) is 11.9 Å². The second-order valence-electron chi connectivity index (χ2n) is 8.14. The molecule has 0 saturated carbocycles. The zero-order valence-electron chi connectivity index (χ0n) is 20.4. The lowest BCUT2D eigenvalue weighted by Crippen LogP contribution is -2.03. The van der Waals surface area contributed by atoms with Crippen LogP contribution in [0.4, 0.5) is 0 Å². The van der Waals surface area contributed by atoms with Gasteiger partial charge in [-0.2, -0.15) is 0 Å². The molecule has 2 aromatic carbocycles. The highest BCUT2D eigenvalue weighted by Gasteiger charge is 2.09. The lowest BCUT2D eigenvalue weighted by Gasteiger charge is -2.04. The molecular formula is C30H32O5. The summed E-state index contributed by atoms with van der Waals surface area (Å²) >= 11 is 0. The summed E-state index contributed by atoms with van der Waals surface area (Å²) < 4.78 is 16.7. The summed E-state index contributed by atoms with van der Waals surface area (Å²) in [7, 11) is 0. The SMILES string of the molecule is CCCC/C=C/C(=O)Oc1ccc(-c2ccc(-c3ccc(OC(=O)/C=C/CCCC)cc3)o2)cc1. The number of furan rings is 1. The van der Waals surface area contributed by atoms with E-state index in [0.717, 1.165) is 49.7 Å². The third-order valence-electron chi connectivity index (χ3n) is 5.28. The molecule has 5 nitrogen and oxygen atoms in total. The van der Waals surface area contributed by atoms with Crippen LogP contribution in [0, 0.1) is 0 Å². The maximum Gasteiger partial charge on any atom is 0.335 e. The summed E-state index contributed by atoms with van der Waals surface area (Å²) in [6.07, 6.45) is 12.7. The molecule has 1 heterocycles. The molecule has 5 heteroatoms. The summed E-state index contributed by atoms with van der Waals surface area (Å²) in [6, 6.07) is 18.2. The molecule has 0 radical (unpaired) electrons. The molecule has 35 heavy (non-hydrogen) atoms. The highest BCUT2D eigenvalue weighted by molar-refractivity contribution is 5.84. The van der Waals surface area contributed by atoms with Crippen molar-refractivity contribution in [1.29, 1.82) is 0 Å². The summed E-state index contributed by atoms with van der Waals surface area (Å²) in [5.74, 6) is 1.61. The predicted molar refractivity (Wildman–Crippen MR) is 138 cm³/mol. The Labute approximate surface area is 207 Å². The maximum absolute atomic E-state index is 11.9. The van der Waals surface area contributed by atoms with Crippen LogP contribution >= 0.6 is 0 Å². The molecule has 0 aliphatic heterocycles. The van der Waals surface area contributed by atoms with Crippen LogP contribution in [0.5, 0.6) is 11.5 Å². The molecule has 1 aromatic heterocycles. The van der Waals surface area contributed by atoms with Crippen molar-refractivity contribution in [3.8, 4) is 34.1 Å². The van der Waals surface area contributed by atoms with Crippen molar-refractivity contribution in [3.63, 3.8) is 0 Å². The Balaban J connectivity index is 1.57. The van der Waals surface area contributed by atoms with E-state index in [-0.39, 0.29) is 11.9 Å². The van der Waals surface area contributed by atoms with Gasteiger partial charge in [-0.3, -0.25) is 0 Å². The average molecular weight is 473 g/mol. The van der Waals surface area contributed by atoms with Gasteiger partial charge < -0.3 is 13.9 Å². The normalized spacial score (nSPS) is 11.3. The molecule has 0 aliphatic rings. The van der Waals surface area contributed by atoms with Gasteiger partial charge in [-0.1, -0.05) is 51.7 Å². The lowest BCUT2D eigenvalue weighted by molar-refractivity contribution is -0.129. The number of hydrogen-bond donors (Lipinski definition) is 0. The number of esters is 2. The average Bonchev–Trinajstić information content (AvgIpc) is 3.36. The van der Waals surface area contributed by atoms with Gasteiger partial charge in [0.25, 0.3) is 0 Å². The first-order valence-corrected chi connectivity index (χ1v) is 12.2. The fourth-order valence-corrected chi connectivity index (χ4v) is 3.33. The van der Waals surface area contributed by atoms with Gasteiger partial charge in [-0.25, -0.2) is 9.59 Å². The number of rotatable bonds is 12. The molecule has 0 N–H and O–H groups in total. The van der Waals surface area contributed by atoms with Gasteiger partial charge in [0, 0.05) is 23.3 Å². The fourth-order valence-electron chi connectivity index (χ4n) is 3.33. The van der Waals surface area contributed by atoms with Crippen molar-refractivity contribution in [3.05, 3.63) is 85.0 Å². The van der Waals surface area contributed by atoms with E-state index in [4.69, 9.17) is 13.9 Å². The van der Waals surface area contributed by atoms with Gasteiger partial charge in [0.05, 0.1) is 0 Å². The molecule has 0 bridgehead atoms. The van der Waals surface area contributed by atoms with Crippen molar-refractivity contribution < 1.29 is 23.5 Å². The van der Waals surface area contributed by atoms with Crippen LogP contribution in [0.1, 0.15) is 52.4 Å². The zero-order valence-corrected chi connectivity index (χ0v) is 20.4. The molecule has 0 spiro atoms. The van der Waals surface area contributed by atoms with Crippen molar-refractivity contribution in [2.24, 2.45) is 0 Å². The van der Waals surface area contributed by atoms with E-state index in [1.807, 2.05) is 48.6 Å². The van der Waals surface area contributed by atoms with Crippen LogP contribution in [0.25, 0.3) is 22.6 Å². The third kappa shape index (κ3) is 8.45. The molecule has 182 valence electrons. The van der Waals surface area contributed by atoms with E-state index in [1.165, 1.54) is 12.2 Å². The number of benzene rings is 2. The van der Waals surface area contributed by atoms with E-state index in [0.29, 0.717) is 23.0 Å². The Hall–Kier alpha value is -3.86. The Morgan fingerprint density at radius 3 is 1.43 bits per heavy atom. The summed E-state index contributed by atoms with van der Waals surface area (Å²) in [5.41, 5.74) is 1.74. The van der Waals surface area contributed by atoms with Gasteiger partial charge in [0.2, 0.25) is 0 Å². The van der Waals surface area contributed by atoms with Crippen molar-refractivity contribution in [1.82, 2.24) is 0 Å². The van der Waals surface area contributed by atoms with Gasteiger partial charge in [0.1, 0.15) is 23.0 Å². The molecular weight excluding hydrogens is 440 g/mol. The number of hydrogen-bond acceptors (Lipinski definition) is 5. The first-order chi connectivity index (χ1) is 17.1. The minimum atomic E-state index is -0.379. The quantitative estimate of drug-likeness (QED) is 0.116. The number of carbonyl (C=O) groups is 2. The highest BCUT2D eigenvalue weighted by atomic mass is 16.5. The third-order valence-corrected chi connectivity index (χ3v) is 5.28. The van der Waals surface area contributed by atoms with Crippen LogP contribution < -0.4 is 9.47 Å². The molecule has 0 atom stereocenters. The largest absolute Gasteiger partial charge is 0.456 e. The standard InChI is InChI=1S/C30H32O5/c1-3-5-7-9-11-29(31)33-25-17-13-23(14-18-25)27-21-22-28(35-27)24-15-19-26(20-16-24)34-30(32)12-10-8-6-4-2/h9-22H,3-8H2,1-2H3/b11-9+,12-10+. The highest BCUT2D eigenvalue weighted by Crippen LogP contribution is 2.30. The van der Waals surface area contributed by atoms with Gasteiger partial charge in [-0.15, -0.1) is 0 Å².